The molecule has 0 amide bonds. The van der Waals surface area contributed by atoms with Crippen LogP contribution in [0, 0.1) is 0 Å². The zero-order valence-corrected chi connectivity index (χ0v) is 15.4. The first-order valence-corrected chi connectivity index (χ1v) is 9.54. The van der Waals surface area contributed by atoms with Gasteiger partial charge in [0.05, 0.1) is 50.3 Å². The summed E-state index contributed by atoms with van der Waals surface area (Å²) in [7, 11) is 0. The standard InChI is InChI=1S/C19H27N5O3/c25-17-14-27-18(19(17)20-10-15-4-2-1-3-5-15)13-24-12-16(21-22-24)11-23-6-8-26-9-7-23/h1-5,12,17-20,25H,6-11,13-14H2/t17-,18+,19+/m0/s1. The normalized spacial score (nSPS) is 26.5. The molecule has 3 heterocycles. The van der Waals surface area contributed by atoms with Gasteiger partial charge in [-0.1, -0.05) is 35.5 Å². The molecule has 0 saturated carbocycles. The molecule has 1 aromatic carbocycles. The molecule has 2 saturated heterocycles. The molecule has 0 aliphatic carbocycles. The van der Waals surface area contributed by atoms with Crippen LogP contribution in [-0.4, -0.2) is 76.2 Å². The van der Waals surface area contributed by atoms with Crippen molar-refractivity contribution in [2.75, 3.05) is 32.9 Å². The van der Waals surface area contributed by atoms with E-state index in [2.05, 4.69) is 32.7 Å². The van der Waals surface area contributed by atoms with E-state index in [-0.39, 0.29) is 12.1 Å². The highest BCUT2D eigenvalue weighted by molar-refractivity contribution is 5.14. The zero-order chi connectivity index (χ0) is 18.5. The first kappa shape index (κ1) is 18.5. The Hall–Kier alpha value is -1.84. The van der Waals surface area contributed by atoms with Crippen LogP contribution in [0.1, 0.15) is 11.3 Å². The third-order valence-electron chi connectivity index (χ3n) is 5.12. The third kappa shape index (κ3) is 4.91. The first-order valence-electron chi connectivity index (χ1n) is 9.54. The van der Waals surface area contributed by atoms with E-state index >= 15 is 0 Å². The number of hydrogen-bond acceptors (Lipinski definition) is 7. The quantitative estimate of drug-likeness (QED) is 0.708. The molecule has 1 aromatic heterocycles. The van der Waals surface area contributed by atoms with Crippen molar-refractivity contribution in [3.8, 4) is 0 Å². The van der Waals surface area contributed by atoms with Crippen LogP contribution in [0.2, 0.25) is 0 Å². The second kappa shape index (κ2) is 8.90. The fraction of sp³-hybridized carbons (Fsp3) is 0.579. The molecule has 8 heteroatoms. The SMILES string of the molecule is O[C@H]1CO[C@H](Cn2cc(CN3CCOCC3)nn2)[C@@H]1NCc1ccccc1. The van der Waals surface area contributed by atoms with Gasteiger partial charge in [0.15, 0.2) is 0 Å². The second-order valence-corrected chi connectivity index (χ2v) is 7.15. The van der Waals surface area contributed by atoms with Crippen LogP contribution in [0.15, 0.2) is 36.5 Å². The van der Waals surface area contributed by atoms with Crippen molar-refractivity contribution in [3.05, 3.63) is 47.8 Å². The Morgan fingerprint density at radius 1 is 1.19 bits per heavy atom. The molecule has 2 aliphatic rings. The Bertz CT molecular complexity index is 704. The molecule has 2 aromatic rings. The Labute approximate surface area is 159 Å². The number of benzene rings is 1. The van der Waals surface area contributed by atoms with Crippen LogP contribution in [0.5, 0.6) is 0 Å². The molecule has 2 fully saturated rings. The van der Waals surface area contributed by atoms with E-state index in [1.165, 1.54) is 5.56 Å². The summed E-state index contributed by atoms with van der Waals surface area (Å²) in [4.78, 5) is 2.32. The highest BCUT2D eigenvalue weighted by Gasteiger charge is 2.36. The number of aliphatic hydroxyl groups excluding tert-OH is 1. The summed E-state index contributed by atoms with van der Waals surface area (Å²) in [5, 5.41) is 22.2. The Morgan fingerprint density at radius 2 is 2.00 bits per heavy atom. The monoisotopic (exact) mass is 373 g/mol. The van der Waals surface area contributed by atoms with Gasteiger partial charge in [0.1, 0.15) is 0 Å². The average Bonchev–Trinajstić information content (AvgIpc) is 3.28. The number of rotatable bonds is 7. The summed E-state index contributed by atoms with van der Waals surface area (Å²) < 4.78 is 13.0. The highest BCUT2D eigenvalue weighted by atomic mass is 16.5. The molecule has 27 heavy (non-hydrogen) atoms. The van der Waals surface area contributed by atoms with Crippen molar-refractivity contribution in [2.24, 2.45) is 0 Å². The van der Waals surface area contributed by atoms with Gasteiger partial charge >= 0.3 is 0 Å². The molecule has 0 spiro atoms. The van der Waals surface area contributed by atoms with Gasteiger partial charge in [0.2, 0.25) is 0 Å². The van der Waals surface area contributed by atoms with E-state index in [4.69, 9.17) is 9.47 Å². The van der Waals surface area contributed by atoms with Crippen LogP contribution in [-0.2, 0) is 29.1 Å². The molecule has 146 valence electrons. The number of ether oxygens (including phenoxy) is 2. The van der Waals surface area contributed by atoms with Crippen LogP contribution in [0.3, 0.4) is 0 Å². The molecular formula is C19H27N5O3. The number of nitrogens with zero attached hydrogens (tertiary/aromatic N) is 4. The van der Waals surface area contributed by atoms with Gasteiger partial charge < -0.3 is 19.9 Å². The summed E-state index contributed by atoms with van der Waals surface area (Å²) >= 11 is 0. The second-order valence-electron chi connectivity index (χ2n) is 7.15. The van der Waals surface area contributed by atoms with Gasteiger partial charge in [0, 0.05) is 32.4 Å². The molecule has 4 rings (SSSR count). The maximum atomic E-state index is 10.3. The van der Waals surface area contributed by atoms with Crippen molar-refractivity contribution in [1.29, 1.82) is 0 Å². The van der Waals surface area contributed by atoms with Gasteiger partial charge in [-0.25, -0.2) is 4.68 Å². The number of nitrogens with one attached hydrogen (secondary N) is 1. The fourth-order valence-electron chi connectivity index (χ4n) is 3.62. The largest absolute Gasteiger partial charge is 0.389 e. The van der Waals surface area contributed by atoms with E-state index in [0.29, 0.717) is 19.7 Å². The predicted octanol–water partition coefficient (Wildman–Crippen LogP) is 0.0284. The van der Waals surface area contributed by atoms with Gasteiger partial charge in [0.25, 0.3) is 0 Å². The van der Waals surface area contributed by atoms with E-state index in [9.17, 15) is 5.11 Å². The molecule has 0 unspecified atom stereocenters. The van der Waals surface area contributed by atoms with Gasteiger partial charge in [-0.3, -0.25) is 4.90 Å². The minimum absolute atomic E-state index is 0.128. The van der Waals surface area contributed by atoms with Crippen LogP contribution < -0.4 is 5.32 Å². The topological polar surface area (TPSA) is 84.7 Å². The molecule has 2 aliphatic heterocycles. The summed E-state index contributed by atoms with van der Waals surface area (Å²) in [5.41, 5.74) is 2.13. The average molecular weight is 373 g/mol. The summed E-state index contributed by atoms with van der Waals surface area (Å²) in [6, 6.07) is 10.0. The summed E-state index contributed by atoms with van der Waals surface area (Å²) in [5.74, 6) is 0. The third-order valence-corrected chi connectivity index (χ3v) is 5.12. The Balaban J connectivity index is 1.32. The zero-order valence-electron chi connectivity index (χ0n) is 15.4. The summed E-state index contributed by atoms with van der Waals surface area (Å²) in [6.07, 6.45) is 1.31. The van der Waals surface area contributed by atoms with Crippen molar-refractivity contribution < 1.29 is 14.6 Å². The van der Waals surface area contributed by atoms with Crippen molar-refractivity contribution >= 4 is 0 Å². The van der Waals surface area contributed by atoms with E-state index < -0.39 is 6.10 Å². The lowest BCUT2D eigenvalue weighted by Gasteiger charge is -2.25. The molecule has 8 nitrogen and oxygen atoms in total. The lowest BCUT2D eigenvalue weighted by atomic mass is 10.1. The minimum Gasteiger partial charge on any atom is -0.389 e. The van der Waals surface area contributed by atoms with Crippen molar-refractivity contribution in [3.63, 3.8) is 0 Å². The molecule has 0 radical (unpaired) electrons. The Kier molecular flexibility index (Phi) is 6.10. The van der Waals surface area contributed by atoms with E-state index in [0.717, 1.165) is 38.5 Å². The number of morpholine rings is 1. The van der Waals surface area contributed by atoms with Gasteiger partial charge in [-0.2, -0.15) is 0 Å². The van der Waals surface area contributed by atoms with Gasteiger partial charge in [-0.15, -0.1) is 5.10 Å². The number of hydrogen-bond donors (Lipinski definition) is 2. The highest BCUT2D eigenvalue weighted by Crippen LogP contribution is 2.17. The maximum Gasteiger partial charge on any atom is 0.0967 e. The minimum atomic E-state index is -0.518. The van der Waals surface area contributed by atoms with Crippen LogP contribution >= 0.6 is 0 Å². The smallest absolute Gasteiger partial charge is 0.0967 e. The first-order chi connectivity index (χ1) is 13.3. The molecule has 0 bridgehead atoms. The molecular weight excluding hydrogens is 346 g/mol. The lowest BCUT2D eigenvalue weighted by molar-refractivity contribution is 0.0336. The predicted molar refractivity (Wildman–Crippen MR) is 98.9 cm³/mol. The van der Waals surface area contributed by atoms with Gasteiger partial charge in [-0.05, 0) is 5.56 Å². The molecule has 3 atom stereocenters. The summed E-state index contributed by atoms with van der Waals surface area (Å²) in [6.45, 7) is 5.79. The number of aromatic nitrogens is 3. The van der Waals surface area contributed by atoms with Crippen LogP contribution in [0.4, 0.5) is 0 Å². The van der Waals surface area contributed by atoms with E-state index in [1.54, 1.807) is 0 Å². The van der Waals surface area contributed by atoms with Crippen molar-refractivity contribution in [1.82, 2.24) is 25.2 Å². The maximum absolute atomic E-state index is 10.3. The van der Waals surface area contributed by atoms with Crippen LogP contribution in [0.25, 0.3) is 0 Å². The molecule has 2 N–H and O–H groups in total. The number of aliphatic hydroxyl groups is 1. The van der Waals surface area contributed by atoms with Crippen molar-refractivity contribution in [2.45, 2.75) is 37.9 Å². The van der Waals surface area contributed by atoms with E-state index in [1.807, 2.05) is 29.1 Å². The fourth-order valence-corrected chi connectivity index (χ4v) is 3.62. The lowest BCUT2D eigenvalue weighted by Crippen LogP contribution is -2.45. The Morgan fingerprint density at radius 3 is 2.81 bits per heavy atom.